The second-order valence-corrected chi connectivity index (χ2v) is 4.40. The van der Waals surface area contributed by atoms with Crippen LogP contribution in [-0.4, -0.2) is 10.2 Å². The Bertz CT molecular complexity index is 544. The van der Waals surface area contributed by atoms with E-state index < -0.39 is 11.5 Å². The van der Waals surface area contributed by atoms with Gasteiger partial charge in [-0.25, -0.2) is 0 Å². The number of nitrogens with zero attached hydrogens (tertiary/aromatic N) is 1. The number of pyridine rings is 1. The quantitative estimate of drug-likeness (QED) is 0.481. The van der Waals surface area contributed by atoms with E-state index in [2.05, 4.69) is 0 Å². The zero-order valence-electron chi connectivity index (χ0n) is 8.36. The fourth-order valence-electron chi connectivity index (χ4n) is 1.40. The van der Waals surface area contributed by atoms with Gasteiger partial charge in [0.2, 0.25) is 0 Å². The van der Waals surface area contributed by atoms with Gasteiger partial charge in [-0.15, -0.1) is 0 Å². The topological polar surface area (TPSA) is 44.3 Å². The number of phenolic OH excluding ortho intramolecular Hbond substituents is 2. The van der Waals surface area contributed by atoms with Crippen molar-refractivity contribution in [1.29, 1.82) is 0 Å². The SMILES string of the molecule is Oc1c(O)c(Cl)c(-[n+]2ccccc2)c(Cl)c1Cl. The summed E-state index contributed by atoms with van der Waals surface area (Å²) >= 11 is 17.7. The predicted octanol–water partition coefficient (Wildman–Crippen LogP) is 3.33. The van der Waals surface area contributed by atoms with Crippen molar-refractivity contribution in [3.8, 4) is 17.2 Å². The molecule has 0 unspecified atom stereocenters. The smallest absolute Gasteiger partial charge is 0.253 e. The van der Waals surface area contributed by atoms with Gasteiger partial charge in [0.25, 0.3) is 5.69 Å². The van der Waals surface area contributed by atoms with Gasteiger partial charge in [0.15, 0.2) is 28.9 Å². The highest BCUT2D eigenvalue weighted by Gasteiger charge is 2.26. The summed E-state index contributed by atoms with van der Waals surface area (Å²) in [7, 11) is 0. The second-order valence-electron chi connectivity index (χ2n) is 3.27. The Kier molecular flexibility index (Phi) is 3.33. The maximum Gasteiger partial charge on any atom is 0.253 e. The van der Waals surface area contributed by atoms with E-state index in [9.17, 15) is 10.2 Å². The van der Waals surface area contributed by atoms with Gasteiger partial charge in [0.05, 0.1) is 0 Å². The molecule has 1 aromatic carbocycles. The first-order chi connectivity index (χ1) is 8.04. The standard InChI is InChI=1S/C11H6Cl3NO2/c12-6-7(13)10(16)11(17)8(14)9(6)15-4-2-1-3-5-15/h1-5H,(H-,16,17)/p+1. The van der Waals surface area contributed by atoms with Gasteiger partial charge in [-0.1, -0.05) is 40.9 Å². The van der Waals surface area contributed by atoms with Gasteiger partial charge in [0.1, 0.15) is 10.0 Å². The molecule has 0 aliphatic carbocycles. The molecule has 0 aliphatic heterocycles. The lowest BCUT2D eigenvalue weighted by Gasteiger charge is -2.07. The van der Waals surface area contributed by atoms with Gasteiger partial charge in [-0.3, -0.25) is 0 Å². The zero-order chi connectivity index (χ0) is 12.6. The number of halogens is 3. The Labute approximate surface area is 112 Å². The number of benzene rings is 1. The number of aromatic nitrogens is 1. The van der Waals surface area contributed by atoms with E-state index in [0.29, 0.717) is 5.69 Å². The highest BCUT2D eigenvalue weighted by Crippen LogP contribution is 2.46. The molecule has 1 aromatic heterocycles. The van der Waals surface area contributed by atoms with Crippen LogP contribution in [-0.2, 0) is 0 Å². The predicted molar refractivity (Wildman–Crippen MR) is 66.3 cm³/mol. The minimum Gasteiger partial charge on any atom is -0.503 e. The average molecular weight is 292 g/mol. The summed E-state index contributed by atoms with van der Waals surface area (Å²) in [6.45, 7) is 0. The Morgan fingerprint density at radius 3 is 1.88 bits per heavy atom. The lowest BCUT2D eigenvalue weighted by molar-refractivity contribution is -0.595. The summed E-state index contributed by atoms with van der Waals surface area (Å²) < 4.78 is 1.59. The van der Waals surface area contributed by atoms with Crippen LogP contribution in [0.25, 0.3) is 5.69 Å². The lowest BCUT2D eigenvalue weighted by atomic mass is 10.2. The van der Waals surface area contributed by atoms with Crippen molar-refractivity contribution in [3.63, 3.8) is 0 Å². The van der Waals surface area contributed by atoms with E-state index in [4.69, 9.17) is 34.8 Å². The van der Waals surface area contributed by atoms with E-state index in [-0.39, 0.29) is 15.1 Å². The Hall–Kier alpha value is -1.16. The molecule has 0 saturated heterocycles. The van der Waals surface area contributed by atoms with Crippen LogP contribution in [0, 0.1) is 0 Å². The summed E-state index contributed by atoms with van der Waals surface area (Å²) in [4.78, 5) is 0. The molecule has 0 amide bonds. The summed E-state index contributed by atoms with van der Waals surface area (Å²) in [6, 6.07) is 5.36. The minimum absolute atomic E-state index is 0.0619. The fraction of sp³-hybridized carbons (Fsp3) is 0. The van der Waals surface area contributed by atoms with Gasteiger partial charge in [-0.05, 0) is 0 Å². The molecule has 3 nitrogen and oxygen atoms in total. The Balaban J connectivity index is 2.80. The average Bonchev–Trinajstić information content (AvgIpc) is 2.36. The van der Waals surface area contributed by atoms with Crippen LogP contribution in [0.2, 0.25) is 15.1 Å². The molecule has 2 aromatic rings. The number of hydrogen-bond donors (Lipinski definition) is 2. The zero-order valence-corrected chi connectivity index (χ0v) is 10.6. The third-order valence-corrected chi connectivity index (χ3v) is 3.41. The van der Waals surface area contributed by atoms with Crippen LogP contribution in [0.15, 0.2) is 30.6 Å². The van der Waals surface area contributed by atoms with Crippen LogP contribution in [0.3, 0.4) is 0 Å². The molecule has 0 spiro atoms. The lowest BCUT2D eigenvalue weighted by Crippen LogP contribution is -2.30. The second kappa shape index (κ2) is 4.61. The first-order valence-corrected chi connectivity index (χ1v) is 5.72. The van der Waals surface area contributed by atoms with Crippen LogP contribution in [0.5, 0.6) is 11.5 Å². The van der Waals surface area contributed by atoms with Gasteiger partial charge < -0.3 is 10.2 Å². The van der Waals surface area contributed by atoms with Crippen LogP contribution < -0.4 is 4.57 Å². The molecule has 88 valence electrons. The number of phenols is 2. The largest absolute Gasteiger partial charge is 0.503 e. The maximum atomic E-state index is 9.62. The fourth-order valence-corrected chi connectivity index (χ4v) is 2.19. The number of rotatable bonds is 1. The van der Waals surface area contributed by atoms with Crippen molar-refractivity contribution in [1.82, 2.24) is 0 Å². The number of hydrogen-bond acceptors (Lipinski definition) is 2. The van der Waals surface area contributed by atoms with E-state index >= 15 is 0 Å². The highest BCUT2D eigenvalue weighted by atomic mass is 35.5. The summed E-state index contributed by atoms with van der Waals surface area (Å²) in [5, 5.41) is 19.0. The molecule has 0 fully saturated rings. The molecule has 0 saturated carbocycles. The molecule has 0 bridgehead atoms. The van der Waals surface area contributed by atoms with E-state index in [1.807, 2.05) is 6.07 Å². The maximum absolute atomic E-state index is 9.62. The molecule has 2 N–H and O–H groups in total. The molecule has 0 atom stereocenters. The highest BCUT2D eigenvalue weighted by molar-refractivity contribution is 6.46. The molecule has 0 radical (unpaired) electrons. The van der Waals surface area contributed by atoms with Crippen LogP contribution >= 0.6 is 34.8 Å². The van der Waals surface area contributed by atoms with Gasteiger partial charge >= 0.3 is 0 Å². The van der Waals surface area contributed by atoms with Crippen LogP contribution in [0.1, 0.15) is 0 Å². The normalized spacial score (nSPS) is 10.5. The first-order valence-electron chi connectivity index (χ1n) is 4.59. The van der Waals surface area contributed by atoms with Gasteiger partial charge in [0, 0.05) is 12.1 Å². The van der Waals surface area contributed by atoms with E-state index in [0.717, 1.165) is 0 Å². The van der Waals surface area contributed by atoms with Gasteiger partial charge in [-0.2, -0.15) is 4.57 Å². The molecule has 0 aliphatic rings. The van der Waals surface area contributed by atoms with Crippen molar-refractivity contribution in [3.05, 3.63) is 45.7 Å². The van der Waals surface area contributed by atoms with E-state index in [1.54, 1.807) is 29.1 Å². The molecule has 17 heavy (non-hydrogen) atoms. The summed E-state index contributed by atoms with van der Waals surface area (Å²) in [6.07, 6.45) is 3.39. The number of aromatic hydroxyl groups is 2. The molecule has 1 heterocycles. The monoisotopic (exact) mass is 290 g/mol. The molecular formula is C11H7Cl3NO2+. The van der Waals surface area contributed by atoms with Crippen LogP contribution in [0.4, 0.5) is 0 Å². The van der Waals surface area contributed by atoms with E-state index in [1.165, 1.54) is 0 Å². The third kappa shape index (κ3) is 2.02. The van der Waals surface area contributed by atoms with Crippen molar-refractivity contribution in [2.75, 3.05) is 0 Å². The van der Waals surface area contributed by atoms with Crippen molar-refractivity contribution >= 4 is 34.8 Å². The summed E-state index contributed by atoms with van der Waals surface area (Å²) in [5.74, 6) is -1.02. The molecular weight excluding hydrogens is 284 g/mol. The van der Waals surface area contributed by atoms with Crippen molar-refractivity contribution in [2.45, 2.75) is 0 Å². The Morgan fingerprint density at radius 2 is 1.29 bits per heavy atom. The first kappa shape index (κ1) is 12.3. The Morgan fingerprint density at radius 1 is 0.765 bits per heavy atom. The molecule has 6 heteroatoms. The minimum atomic E-state index is -0.526. The molecule has 2 rings (SSSR count). The van der Waals surface area contributed by atoms with Crippen molar-refractivity contribution < 1.29 is 14.8 Å². The third-order valence-electron chi connectivity index (χ3n) is 2.22. The summed E-state index contributed by atoms with van der Waals surface area (Å²) in [5.41, 5.74) is 0.314. The van der Waals surface area contributed by atoms with Crippen molar-refractivity contribution in [2.24, 2.45) is 0 Å².